The lowest BCUT2D eigenvalue weighted by atomic mass is 9.97. The first kappa shape index (κ1) is 19.9. The van der Waals surface area contributed by atoms with E-state index in [1.807, 2.05) is 29.5 Å². The number of piperidine rings is 1. The molecule has 1 aliphatic heterocycles. The van der Waals surface area contributed by atoms with Gasteiger partial charge in [-0.15, -0.1) is 11.3 Å². The van der Waals surface area contributed by atoms with Crippen molar-refractivity contribution in [1.29, 1.82) is 0 Å². The van der Waals surface area contributed by atoms with Gasteiger partial charge in [0.15, 0.2) is 5.69 Å². The molecule has 4 nitrogen and oxygen atoms in total. The van der Waals surface area contributed by atoms with Gasteiger partial charge in [-0.05, 0) is 54.5 Å². The minimum absolute atomic E-state index is 0.0364. The SMILES string of the molecule is Cn1cc(-c2ccc(F)cc2)c(C(=O)N2CCCCC2Cc2cc3ccccc3s2)n1. The Kier molecular flexibility index (Phi) is 5.32. The fraction of sp³-hybridized carbons (Fsp3) is 0.280. The summed E-state index contributed by atoms with van der Waals surface area (Å²) in [6.45, 7) is 0.744. The van der Waals surface area contributed by atoms with Crippen LogP contribution in [-0.2, 0) is 13.5 Å². The molecule has 31 heavy (non-hydrogen) atoms. The predicted octanol–water partition coefficient (Wildman–Crippen LogP) is 5.68. The topological polar surface area (TPSA) is 38.1 Å². The second-order valence-electron chi connectivity index (χ2n) is 8.17. The Labute approximate surface area is 184 Å². The number of hydrogen-bond donors (Lipinski definition) is 0. The first-order valence-corrected chi connectivity index (χ1v) is 11.5. The highest BCUT2D eigenvalue weighted by atomic mass is 32.1. The molecule has 158 valence electrons. The molecule has 1 fully saturated rings. The standard InChI is InChI=1S/C25H24FN3OS/c1-28-16-22(17-9-11-19(26)12-10-17)24(27-28)25(30)29-13-5-4-7-20(29)15-21-14-18-6-2-3-8-23(18)31-21/h2-3,6,8-12,14,16,20H,4-5,7,13,15H2,1H3. The molecule has 0 spiro atoms. The Morgan fingerprint density at radius 1 is 1.16 bits per heavy atom. The van der Waals surface area contributed by atoms with Gasteiger partial charge in [0.2, 0.25) is 0 Å². The van der Waals surface area contributed by atoms with Crippen LogP contribution in [-0.4, -0.2) is 33.2 Å². The number of carbonyl (C=O) groups is 1. The van der Waals surface area contributed by atoms with E-state index in [0.717, 1.165) is 43.4 Å². The molecule has 0 N–H and O–H groups in total. The van der Waals surface area contributed by atoms with Gasteiger partial charge < -0.3 is 4.90 Å². The molecule has 0 radical (unpaired) electrons. The van der Waals surface area contributed by atoms with Crippen molar-refractivity contribution in [3.63, 3.8) is 0 Å². The number of hydrogen-bond acceptors (Lipinski definition) is 3. The largest absolute Gasteiger partial charge is 0.334 e. The molecule has 0 aliphatic carbocycles. The van der Waals surface area contributed by atoms with Gasteiger partial charge in [-0.3, -0.25) is 9.48 Å². The molecular weight excluding hydrogens is 409 g/mol. The summed E-state index contributed by atoms with van der Waals surface area (Å²) in [5, 5.41) is 5.76. The van der Waals surface area contributed by atoms with E-state index in [2.05, 4.69) is 35.4 Å². The maximum absolute atomic E-state index is 13.6. The summed E-state index contributed by atoms with van der Waals surface area (Å²) in [7, 11) is 1.81. The number of rotatable bonds is 4. The number of aryl methyl sites for hydroxylation is 1. The molecule has 1 saturated heterocycles. The van der Waals surface area contributed by atoms with Crippen molar-refractivity contribution < 1.29 is 9.18 Å². The van der Waals surface area contributed by atoms with Gasteiger partial charge in [-0.2, -0.15) is 5.10 Å². The third-order valence-electron chi connectivity index (χ3n) is 5.99. The summed E-state index contributed by atoms with van der Waals surface area (Å²) in [6, 6.07) is 17.1. The number of carbonyl (C=O) groups excluding carboxylic acids is 1. The molecule has 5 rings (SSSR count). The Hall–Kier alpha value is -2.99. The van der Waals surface area contributed by atoms with Gasteiger partial charge >= 0.3 is 0 Å². The average molecular weight is 434 g/mol. The van der Waals surface area contributed by atoms with Crippen LogP contribution < -0.4 is 0 Å². The second kappa shape index (κ2) is 8.27. The maximum atomic E-state index is 13.6. The van der Waals surface area contributed by atoms with E-state index in [1.165, 1.54) is 27.1 Å². The van der Waals surface area contributed by atoms with E-state index in [0.29, 0.717) is 5.69 Å². The first-order chi connectivity index (χ1) is 15.1. The van der Waals surface area contributed by atoms with Crippen LogP contribution in [0.15, 0.2) is 60.8 Å². The number of thiophene rings is 1. The van der Waals surface area contributed by atoms with Crippen molar-refractivity contribution in [2.75, 3.05) is 6.54 Å². The molecule has 2 aromatic heterocycles. The number of halogens is 1. The van der Waals surface area contributed by atoms with Gasteiger partial charge in [0.1, 0.15) is 5.82 Å². The first-order valence-electron chi connectivity index (χ1n) is 10.7. The average Bonchev–Trinajstić information content (AvgIpc) is 3.37. The second-order valence-corrected chi connectivity index (χ2v) is 9.34. The lowest BCUT2D eigenvalue weighted by molar-refractivity contribution is 0.0608. The molecule has 1 unspecified atom stereocenters. The molecule has 4 aromatic rings. The van der Waals surface area contributed by atoms with E-state index in [9.17, 15) is 9.18 Å². The van der Waals surface area contributed by atoms with Crippen LogP contribution in [0.3, 0.4) is 0 Å². The highest BCUT2D eigenvalue weighted by molar-refractivity contribution is 7.19. The lowest BCUT2D eigenvalue weighted by Gasteiger charge is -2.35. The molecule has 1 aliphatic rings. The van der Waals surface area contributed by atoms with Crippen molar-refractivity contribution in [3.8, 4) is 11.1 Å². The number of aromatic nitrogens is 2. The summed E-state index contributed by atoms with van der Waals surface area (Å²) in [6.07, 6.45) is 5.84. The minimum Gasteiger partial charge on any atom is -0.334 e. The smallest absolute Gasteiger partial charge is 0.275 e. The van der Waals surface area contributed by atoms with Gasteiger partial charge in [0.25, 0.3) is 5.91 Å². The van der Waals surface area contributed by atoms with Gasteiger partial charge in [-0.1, -0.05) is 30.3 Å². The molecule has 1 amide bonds. The molecule has 3 heterocycles. The Morgan fingerprint density at radius 3 is 2.77 bits per heavy atom. The third-order valence-corrected chi connectivity index (χ3v) is 7.13. The number of amides is 1. The summed E-state index contributed by atoms with van der Waals surface area (Å²) >= 11 is 1.81. The predicted molar refractivity (Wildman–Crippen MR) is 123 cm³/mol. The van der Waals surface area contributed by atoms with Crippen LogP contribution in [0.4, 0.5) is 4.39 Å². The highest BCUT2D eigenvalue weighted by Gasteiger charge is 2.31. The molecule has 6 heteroatoms. The van der Waals surface area contributed by atoms with E-state index >= 15 is 0 Å². The van der Waals surface area contributed by atoms with Crippen molar-refractivity contribution >= 4 is 27.3 Å². The number of benzene rings is 2. The molecule has 0 bridgehead atoms. The Bertz CT molecular complexity index is 1190. The van der Waals surface area contributed by atoms with E-state index in [4.69, 9.17) is 0 Å². The lowest BCUT2D eigenvalue weighted by Crippen LogP contribution is -2.45. The summed E-state index contributed by atoms with van der Waals surface area (Å²) in [4.78, 5) is 16.9. The van der Waals surface area contributed by atoms with Crippen LogP contribution in [0, 0.1) is 5.82 Å². The molecule has 0 saturated carbocycles. The molecular formula is C25H24FN3OS. The zero-order chi connectivity index (χ0) is 21.4. The van der Waals surface area contributed by atoms with Crippen LogP contribution in [0.1, 0.15) is 34.6 Å². The monoisotopic (exact) mass is 433 g/mol. The Balaban J connectivity index is 1.44. The van der Waals surface area contributed by atoms with Gasteiger partial charge in [0.05, 0.1) is 0 Å². The quantitative estimate of drug-likeness (QED) is 0.415. The zero-order valence-corrected chi connectivity index (χ0v) is 18.2. The van der Waals surface area contributed by atoms with Crippen LogP contribution in [0.5, 0.6) is 0 Å². The summed E-state index contributed by atoms with van der Waals surface area (Å²) in [5.41, 5.74) is 1.99. The maximum Gasteiger partial charge on any atom is 0.275 e. The van der Waals surface area contributed by atoms with Gasteiger partial charge in [-0.25, -0.2) is 4.39 Å². The zero-order valence-electron chi connectivity index (χ0n) is 17.4. The van der Waals surface area contributed by atoms with Crippen molar-refractivity contribution in [2.45, 2.75) is 31.7 Å². The minimum atomic E-state index is -0.292. The van der Waals surface area contributed by atoms with Crippen LogP contribution >= 0.6 is 11.3 Å². The van der Waals surface area contributed by atoms with E-state index in [-0.39, 0.29) is 17.8 Å². The van der Waals surface area contributed by atoms with Crippen LogP contribution in [0.2, 0.25) is 0 Å². The molecule has 1 atom stereocenters. The number of nitrogens with zero attached hydrogens (tertiary/aromatic N) is 3. The van der Waals surface area contributed by atoms with Crippen LogP contribution in [0.25, 0.3) is 21.2 Å². The van der Waals surface area contributed by atoms with Gasteiger partial charge in [0, 0.05) is 47.4 Å². The fourth-order valence-corrected chi connectivity index (χ4v) is 5.61. The highest BCUT2D eigenvalue weighted by Crippen LogP contribution is 2.31. The summed E-state index contributed by atoms with van der Waals surface area (Å²) < 4.78 is 16.3. The fourth-order valence-electron chi connectivity index (χ4n) is 4.47. The molecule has 2 aromatic carbocycles. The van der Waals surface area contributed by atoms with E-state index in [1.54, 1.807) is 16.8 Å². The Morgan fingerprint density at radius 2 is 1.97 bits per heavy atom. The number of fused-ring (bicyclic) bond motifs is 1. The number of likely N-dealkylation sites (tertiary alicyclic amines) is 1. The third kappa shape index (κ3) is 4.00. The normalized spacial score (nSPS) is 16.7. The summed E-state index contributed by atoms with van der Waals surface area (Å²) in [5.74, 6) is -0.328. The van der Waals surface area contributed by atoms with Crippen molar-refractivity contribution in [1.82, 2.24) is 14.7 Å². The van der Waals surface area contributed by atoms with E-state index < -0.39 is 0 Å². The van der Waals surface area contributed by atoms with Crippen molar-refractivity contribution in [3.05, 3.63) is 77.2 Å². The van der Waals surface area contributed by atoms with Crippen molar-refractivity contribution in [2.24, 2.45) is 7.05 Å².